The lowest BCUT2D eigenvalue weighted by Gasteiger charge is -2.01. The first-order valence-corrected chi connectivity index (χ1v) is 5.13. The van der Waals surface area contributed by atoms with Gasteiger partial charge in [-0.1, -0.05) is 6.92 Å². The number of nitrogens with one attached hydrogen (secondary N) is 1. The van der Waals surface area contributed by atoms with Gasteiger partial charge in [0, 0.05) is 12.8 Å². The molecule has 1 heterocycles. The molecule has 72 valence electrons. The van der Waals surface area contributed by atoms with Gasteiger partial charge in [-0.2, -0.15) is 0 Å². The number of hydrogen-bond acceptors (Lipinski definition) is 3. The van der Waals surface area contributed by atoms with Crippen LogP contribution in [-0.4, -0.2) is 16.6 Å². The van der Waals surface area contributed by atoms with E-state index >= 15 is 0 Å². The molecule has 1 rings (SSSR count). The zero-order valence-corrected chi connectivity index (χ0v) is 9.50. The van der Waals surface area contributed by atoms with Crippen LogP contribution in [0.15, 0.2) is 11.0 Å². The third-order valence-corrected chi connectivity index (χ3v) is 2.16. The summed E-state index contributed by atoms with van der Waals surface area (Å²) in [6, 6.07) is 0. The van der Waals surface area contributed by atoms with E-state index in [4.69, 9.17) is 4.74 Å². The lowest BCUT2D eigenvalue weighted by atomic mass is 10.5. The molecule has 1 aromatic rings. The van der Waals surface area contributed by atoms with Gasteiger partial charge in [-0.25, -0.2) is 4.98 Å². The molecule has 0 aromatic carbocycles. The monoisotopic (exact) mass is 294 g/mol. The summed E-state index contributed by atoms with van der Waals surface area (Å²) >= 11 is 1.94. The molecule has 0 saturated heterocycles. The van der Waals surface area contributed by atoms with Gasteiger partial charge in [0.05, 0.1) is 3.57 Å². The summed E-state index contributed by atoms with van der Waals surface area (Å²) in [7, 11) is 0. The second-order valence-electron chi connectivity index (χ2n) is 2.56. The number of aromatic nitrogens is 2. The zero-order chi connectivity index (χ0) is 9.68. The Labute approximate surface area is 89.9 Å². The van der Waals surface area contributed by atoms with Crippen LogP contribution in [-0.2, 0) is 11.3 Å². The largest absolute Gasteiger partial charge is 0.374 e. The Morgan fingerprint density at radius 3 is 3.08 bits per heavy atom. The Balaban J connectivity index is 2.58. The van der Waals surface area contributed by atoms with Gasteiger partial charge in [-0.15, -0.1) is 0 Å². The molecular formula is C8H11IN2O2. The second-order valence-corrected chi connectivity index (χ2v) is 3.72. The van der Waals surface area contributed by atoms with Crippen LogP contribution in [0.3, 0.4) is 0 Å². The molecule has 0 unspecified atom stereocenters. The summed E-state index contributed by atoms with van der Waals surface area (Å²) in [5, 5.41) is 0. The standard InChI is InChI=1S/C8H11IN2O2/c1-2-3-13-5-7-10-4-6(9)8(12)11-7/h4H,2-3,5H2,1H3,(H,10,11,12). The van der Waals surface area contributed by atoms with Gasteiger partial charge in [0.2, 0.25) is 0 Å². The second kappa shape index (κ2) is 5.33. The highest BCUT2D eigenvalue weighted by molar-refractivity contribution is 14.1. The normalized spacial score (nSPS) is 10.3. The fourth-order valence-corrected chi connectivity index (χ4v) is 1.08. The van der Waals surface area contributed by atoms with Gasteiger partial charge in [-0.05, 0) is 29.0 Å². The molecule has 1 aromatic heterocycles. The Hall–Kier alpha value is -0.430. The first-order valence-electron chi connectivity index (χ1n) is 4.05. The Bertz CT molecular complexity index is 324. The molecule has 0 aliphatic carbocycles. The number of hydrogen-bond donors (Lipinski definition) is 1. The fraction of sp³-hybridized carbons (Fsp3) is 0.500. The lowest BCUT2D eigenvalue weighted by molar-refractivity contribution is 0.116. The summed E-state index contributed by atoms with van der Waals surface area (Å²) in [6.07, 6.45) is 2.51. The van der Waals surface area contributed by atoms with Crippen molar-refractivity contribution in [2.45, 2.75) is 20.0 Å². The van der Waals surface area contributed by atoms with Crippen LogP contribution in [0.1, 0.15) is 19.2 Å². The highest BCUT2D eigenvalue weighted by atomic mass is 127. The molecule has 1 N–H and O–H groups in total. The van der Waals surface area contributed by atoms with Crippen molar-refractivity contribution in [3.8, 4) is 0 Å². The average Bonchev–Trinajstić information content (AvgIpc) is 2.12. The van der Waals surface area contributed by atoms with Gasteiger partial charge in [0.25, 0.3) is 5.56 Å². The highest BCUT2D eigenvalue weighted by Crippen LogP contribution is 1.95. The molecule has 4 nitrogen and oxygen atoms in total. The van der Waals surface area contributed by atoms with Crippen molar-refractivity contribution in [1.29, 1.82) is 0 Å². The highest BCUT2D eigenvalue weighted by Gasteiger charge is 1.98. The molecule has 0 saturated carbocycles. The molecule has 5 heteroatoms. The van der Waals surface area contributed by atoms with E-state index in [-0.39, 0.29) is 5.56 Å². The molecule has 0 spiro atoms. The molecule has 0 atom stereocenters. The third kappa shape index (κ3) is 3.43. The number of rotatable bonds is 4. The van der Waals surface area contributed by atoms with E-state index in [1.165, 1.54) is 0 Å². The van der Waals surface area contributed by atoms with E-state index in [0.29, 0.717) is 22.6 Å². The van der Waals surface area contributed by atoms with Crippen LogP contribution >= 0.6 is 22.6 Å². The lowest BCUT2D eigenvalue weighted by Crippen LogP contribution is -2.14. The molecule has 13 heavy (non-hydrogen) atoms. The van der Waals surface area contributed by atoms with Crippen LogP contribution in [0.5, 0.6) is 0 Å². The van der Waals surface area contributed by atoms with Crippen LogP contribution < -0.4 is 5.56 Å². The van der Waals surface area contributed by atoms with Crippen LogP contribution in [0.2, 0.25) is 0 Å². The summed E-state index contributed by atoms with van der Waals surface area (Å²) in [5.74, 6) is 0.582. The Morgan fingerprint density at radius 2 is 2.46 bits per heavy atom. The van der Waals surface area contributed by atoms with Crippen molar-refractivity contribution < 1.29 is 4.74 Å². The minimum absolute atomic E-state index is 0.106. The van der Waals surface area contributed by atoms with Gasteiger partial charge in [0.1, 0.15) is 12.4 Å². The average molecular weight is 294 g/mol. The van der Waals surface area contributed by atoms with Crippen molar-refractivity contribution in [2.24, 2.45) is 0 Å². The Morgan fingerprint density at radius 1 is 1.69 bits per heavy atom. The molecule has 0 aliphatic rings. The SMILES string of the molecule is CCCOCc1ncc(I)c(=O)[nH]1. The van der Waals surface area contributed by atoms with E-state index in [2.05, 4.69) is 9.97 Å². The first-order chi connectivity index (χ1) is 6.24. The predicted molar refractivity (Wildman–Crippen MR) is 57.5 cm³/mol. The van der Waals surface area contributed by atoms with Crippen molar-refractivity contribution >= 4 is 22.6 Å². The van der Waals surface area contributed by atoms with Crippen LogP contribution in [0, 0.1) is 3.57 Å². The molecule has 0 bridgehead atoms. The summed E-state index contributed by atoms with van der Waals surface area (Å²) < 4.78 is 5.82. The van der Waals surface area contributed by atoms with Crippen molar-refractivity contribution in [2.75, 3.05) is 6.61 Å². The molecular weight excluding hydrogens is 283 g/mol. The smallest absolute Gasteiger partial charge is 0.264 e. The summed E-state index contributed by atoms with van der Waals surface area (Å²) in [6.45, 7) is 3.10. The van der Waals surface area contributed by atoms with E-state index in [9.17, 15) is 4.79 Å². The van der Waals surface area contributed by atoms with Crippen molar-refractivity contribution in [3.05, 3.63) is 25.9 Å². The van der Waals surface area contributed by atoms with E-state index in [1.54, 1.807) is 6.20 Å². The minimum Gasteiger partial charge on any atom is -0.374 e. The van der Waals surface area contributed by atoms with E-state index in [0.717, 1.165) is 6.42 Å². The van der Waals surface area contributed by atoms with Crippen molar-refractivity contribution in [1.82, 2.24) is 9.97 Å². The molecule has 0 fully saturated rings. The van der Waals surface area contributed by atoms with Crippen molar-refractivity contribution in [3.63, 3.8) is 0 Å². The van der Waals surface area contributed by atoms with E-state index in [1.807, 2.05) is 29.5 Å². The van der Waals surface area contributed by atoms with Gasteiger partial charge in [-0.3, -0.25) is 4.79 Å². The first kappa shape index (κ1) is 10.6. The number of halogens is 1. The molecule has 0 amide bonds. The maximum absolute atomic E-state index is 11.1. The predicted octanol–water partition coefficient (Wildman–Crippen LogP) is 1.30. The zero-order valence-electron chi connectivity index (χ0n) is 7.34. The van der Waals surface area contributed by atoms with Gasteiger partial charge >= 0.3 is 0 Å². The van der Waals surface area contributed by atoms with Crippen LogP contribution in [0.25, 0.3) is 0 Å². The topological polar surface area (TPSA) is 55.0 Å². The van der Waals surface area contributed by atoms with Gasteiger partial charge in [0.15, 0.2) is 0 Å². The summed E-state index contributed by atoms with van der Waals surface area (Å²) in [5.41, 5.74) is -0.106. The molecule has 0 aliphatic heterocycles. The summed E-state index contributed by atoms with van der Waals surface area (Å²) in [4.78, 5) is 17.8. The maximum Gasteiger partial charge on any atom is 0.264 e. The number of nitrogens with zero attached hydrogens (tertiary/aromatic N) is 1. The maximum atomic E-state index is 11.1. The van der Waals surface area contributed by atoms with Crippen LogP contribution in [0.4, 0.5) is 0 Å². The van der Waals surface area contributed by atoms with Gasteiger partial charge < -0.3 is 9.72 Å². The quantitative estimate of drug-likeness (QED) is 0.672. The molecule has 0 radical (unpaired) electrons. The number of H-pyrrole nitrogens is 1. The Kier molecular flexibility index (Phi) is 4.37. The number of aromatic amines is 1. The minimum atomic E-state index is -0.106. The third-order valence-electron chi connectivity index (χ3n) is 1.40. The van der Waals surface area contributed by atoms with E-state index < -0.39 is 0 Å². The number of ether oxygens (including phenoxy) is 1. The fourth-order valence-electron chi connectivity index (χ4n) is 0.803.